The Morgan fingerprint density at radius 2 is 0.810 bits per heavy atom. The van der Waals surface area contributed by atoms with Crippen LogP contribution < -0.4 is 4.90 Å². The number of benzene rings is 10. The fourth-order valence-electron chi connectivity index (χ4n) is 10.4. The Bertz CT molecular complexity index is 3350. The Balaban J connectivity index is 0.963. The van der Waals surface area contributed by atoms with E-state index in [9.17, 15) is 0 Å². The first-order valence-corrected chi connectivity index (χ1v) is 21.8. The number of hydrogen-bond donors (Lipinski definition) is 0. The van der Waals surface area contributed by atoms with E-state index in [1.807, 2.05) is 0 Å². The van der Waals surface area contributed by atoms with Gasteiger partial charge in [-0.1, -0.05) is 194 Å². The molecule has 63 heavy (non-hydrogen) atoms. The molecule has 11 aromatic rings. The van der Waals surface area contributed by atoms with Gasteiger partial charge in [0, 0.05) is 33.4 Å². The summed E-state index contributed by atoms with van der Waals surface area (Å²) in [6.07, 6.45) is 0. The lowest BCUT2D eigenvalue weighted by molar-refractivity contribution is 0.768. The zero-order valence-corrected chi connectivity index (χ0v) is 34.6. The molecule has 0 N–H and O–H groups in total. The number of aromatic nitrogens is 1. The van der Waals surface area contributed by atoms with Gasteiger partial charge in [-0.05, 0) is 111 Å². The molecular weight excluding hydrogens is 761 g/mol. The maximum absolute atomic E-state index is 2.44. The number of nitrogens with zero attached hydrogens (tertiary/aromatic N) is 2. The molecule has 0 atom stereocenters. The van der Waals surface area contributed by atoms with Crippen molar-refractivity contribution in [1.82, 2.24) is 4.57 Å². The molecule has 0 fully saturated rings. The van der Waals surface area contributed by atoms with E-state index in [1.165, 1.54) is 83.1 Å². The van der Waals surface area contributed by atoms with Crippen molar-refractivity contribution in [2.24, 2.45) is 0 Å². The maximum atomic E-state index is 2.44. The molecular formula is C61H42N2. The topological polar surface area (TPSA) is 8.17 Å². The molecule has 1 aliphatic rings. The van der Waals surface area contributed by atoms with E-state index in [1.54, 1.807) is 0 Å². The molecule has 0 unspecified atom stereocenters. The third kappa shape index (κ3) is 5.87. The molecule has 0 bridgehead atoms. The highest BCUT2D eigenvalue weighted by atomic mass is 15.1. The van der Waals surface area contributed by atoms with E-state index in [2.05, 4.69) is 264 Å². The minimum atomic E-state index is -0.484. The molecule has 1 aromatic heterocycles. The summed E-state index contributed by atoms with van der Waals surface area (Å²) in [5.41, 5.74) is 18.8. The summed E-state index contributed by atoms with van der Waals surface area (Å²) in [5.74, 6) is 0. The van der Waals surface area contributed by atoms with Gasteiger partial charge in [0.05, 0.1) is 22.1 Å². The predicted octanol–water partition coefficient (Wildman–Crippen LogP) is 16.0. The molecule has 12 rings (SSSR count). The predicted molar refractivity (Wildman–Crippen MR) is 264 cm³/mol. The number of anilines is 3. The van der Waals surface area contributed by atoms with Crippen LogP contribution in [0.3, 0.4) is 0 Å². The molecule has 0 aliphatic heterocycles. The smallest absolute Gasteiger partial charge is 0.0714 e. The van der Waals surface area contributed by atoms with Gasteiger partial charge >= 0.3 is 0 Å². The number of rotatable bonds is 8. The molecule has 0 saturated carbocycles. The summed E-state index contributed by atoms with van der Waals surface area (Å²) < 4.78 is 2.42. The SMILES string of the molecule is c1ccc(N(c2ccc(-c3cccc(-c4ccccc4-n4c5ccccc5c5ccccc54)c3)cc2)c2ccc3c(c2)C(c2ccccc2)(c2ccccc2)c2ccccc2-3)cc1. The first kappa shape index (κ1) is 36.6. The fourth-order valence-corrected chi connectivity index (χ4v) is 10.4. The summed E-state index contributed by atoms with van der Waals surface area (Å²) in [4.78, 5) is 2.40. The van der Waals surface area contributed by atoms with Crippen LogP contribution in [0.2, 0.25) is 0 Å². The Morgan fingerprint density at radius 3 is 1.49 bits per heavy atom. The fraction of sp³-hybridized carbons (Fsp3) is 0.0164. The lowest BCUT2D eigenvalue weighted by Gasteiger charge is -2.35. The largest absolute Gasteiger partial charge is 0.310 e. The molecule has 0 saturated heterocycles. The second kappa shape index (κ2) is 15.1. The Labute approximate surface area is 368 Å². The van der Waals surface area contributed by atoms with E-state index in [0.717, 1.165) is 17.1 Å². The van der Waals surface area contributed by atoms with Crippen LogP contribution in [0.15, 0.2) is 255 Å². The highest BCUT2D eigenvalue weighted by molar-refractivity contribution is 6.09. The lowest BCUT2D eigenvalue weighted by Crippen LogP contribution is -2.28. The van der Waals surface area contributed by atoms with Crippen molar-refractivity contribution in [2.75, 3.05) is 4.90 Å². The van der Waals surface area contributed by atoms with Gasteiger partial charge in [-0.3, -0.25) is 0 Å². The maximum Gasteiger partial charge on any atom is 0.0714 e. The summed E-state index contributed by atoms with van der Waals surface area (Å²) in [6.45, 7) is 0. The van der Waals surface area contributed by atoms with Crippen LogP contribution in [0, 0.1) is 0 Å². The van der Waals surface area contributed by atoms with Crippen LogP contribution in [0.4, 0.5) is 17.1 Å². The molecule has 0 radical (unpaired) electrons. The van der Waals surface area contributed by atoms with Crippen molar-refractivity contribution in [3.8, 4) is 39.1 Å². The van der Waals surface area contributed by atoms with Crippen molar-refractivity contribution in [2.45, 2.75) is 5.41 Å². The van der Waals surface area contributed by atoms with Crippen molar-refractivity contribution in [3.05, 3.63) is 277 Å². The van der Waals surface area contributed by atoms with E-state index in [-0.39, 0.29) is 0 Å². The molecule has 2 heteroatoms. The summed E-state index contributed by atoms with van der Waals surface area (Å²) >= 11 is 0. The first-order chi connectivity index (χ1) is 31.3. The normalized spacial score (nSPS) is 12.6. The van der Waals surface area contributed by atoms with E-state index in [4.69, 9.17) is 0 Å². The Hall–Kier alpha value is -8.20. The van der Waals surface area contributed by atoms with Gasteiger partial charge in [-0.2, -0.15) is 0 Å². The van der Waals surface area contributed by atoms with Crippen molar-refractivity contribution in [3.63, 3.8) is 0 Å². The molecule has 2 nitrogen and oxygen atoms in total. The van der Waals surface area contributed by atoms with E-state index >= 15 is 0 Å². The number of para-hydroxylation sites is 4. The van der Waals surface area contributed by atoms with Gasteiger partial charge in [-0.15, -0.1) is 0 Å². The number of fused-ring (bicyclic) bond motifs is 6. The van der Waals surface area contributed by atoms with Crippen LogP contribution in [0.25, 0.3) is 60.9 Å². The summed E-state index contributed by atoms with van der Waals surface area (Å²) in [7, 11) is 0. The highest BCUT2D eigenvalue weighted by Crippen LogP contribution is 2.57. The van der Waals surface area contributed by atoms with Crippen LogP contribution in [-0.4, -0.2) is 4.57 Å². The third-order valence-corrected chi connectivity index (χ3v) is 13.1. The average Bonchev–Trinajstić information content (AvgIpc) is 3.86. The van der Waals surface area contributed by atoms with Crippen molar-refractivity contribution < 1.29 is 0 Å². The standard InChI is InChI=1S/C61H42N2/c1-4-21-46(22-5-1)61(47-23-6-2-7-24-47)56-31-14-10-28-52(56)53-40-39-50(42-57(53)61)62(48-25-8-3-9-26-48)49-37-35-43(36-38-49)44-19-18-20-45(41-44)51-27-11-15-32-58(51)63-59-33-16-12-29-54(59)55-30-13-17-34-60(55)63/h1-42H. The van der Waals surface area contributed by atoms with Gasteiger partial charge in [0.2, 0.25) is 0 Å². The van der Waals surface area contributed by atoms with Crippen molar-refractivity contribution >= 4 is 38.9 Å². The quantitative estimate of drug-likeness (QED) is 0.149. The summed E-state index contributed by atoms with van der Waals surface area (Å²) in [6, 6.07) is 93.1. The Morgan fingerprint density at radius 1 is 0.302 bits per heavy atom. The second-order valence-electron chi connectivity index (χ2n) is 16.4. The minimum absolute atomic E-state index is 0.484. The average molecular weight is 803 g/mol. The van der Waals surface area contributed by atoms with Gasteiger partial charge in [0.1, 0.15) is 0 Å². The van der Waals surface area contributed by atoms with Gasteiger partial charge in [0.15, 0.2) is 0 Å². The zero-order valence-electron chi connectivity index (χ0n) is 34.6. The van der Waals surface area contributed by atoms with Gasteiger partial charge < -0.3 is 9.47 Å². The molecule has 0 spiro atoms. The van der Waals surface area contributed by atoms with Gasteiger partial charge in [-0.25, -0.2) is 0 Å². The van der Waals surface area contributed by atoms with E-state index < -0.39 is 5.41 Å². The number of hydrogen-bond acceptors (Lipinski definition) is 1. The van der Waals surface area contributed by atoms with Crippen LogP contribution in [-0.2, 0) is 5.41 Å². The van der Waals surface area contributed by atoms with Gasteiger partial charge in [0.25, 0.3) is 0 Å². The third-order valence-electron chi connectivity index (χ3n) is 13.1. The lowest BCUT2D eigenvalue weighted by atomic mass is 9.67. The Kier molecular flexibility index (Phi) is 8.76. The molecule has 296 valence electrons. The molecule has 0 amide bonds. The summed E-state index contributed by atoms with van der Waals surface area (Å²) in [5, 5.41) is 2.52. The monoisotopic (exact) mass is 802 g/mol. The van der Waals surface area contributed by atoms with Crippen LogP contribution >= 0.6 is 0 Å². The molecule has 1 heterocycles. The second-order valence-corrected chi connectivity index (χ2v) is 16.4. The molecule has 10 aromatic carbocycles. The van der Waals surface area contributed by atoms with E-state index in [0.29, 0.717) is 0 Å². The first-order valence-electron chi connectivity index (χ1n) is 21.8. The highest BCUT2D eigenvalue weighted by Gasteiger charge is 2.46. The van der Waals surface area contributed by atoms with Crippen LogP contribution in [0.5, 0.6) is 0 Å². The molecule has 1 aliphatic carbocycles. The van der Waals surface area contributed by atoms with Crippen LogP contribution in [0.1, 0.15) is 22.3 Å². The van der Waals surface area contributed by atoms with Crippen molar-refractivity contribution in [1.29, 1.82) is 0 Å². The minimum Gasteiger partial charge on any atom is -0.310 e. The zero-order chi connectivity index (χ0) is 41.7.